The van der Waals surface area contributed by atoms with Crippen molar-refractivity contribution in [3.05, 3.63) is 71.8 Å². The lowest BCUT2D eigenvalue weighted by Gasteiger charge is -2.35. The van der Waals surface area contributed by atoms with Gasteiger partial charge in [0, 0.05) is 48.6 Å². The van der Waals surface area contributed by atoms with Gasteiger partial charge in [0.2, 0.25) is 11.8 Å². The monoisotopic (exact) mass is 1520 g/mol. The minimum Gasteiger partial charge on any atom is -0.492 e. The number of likely N-dealkylation sites (tertiary alicyclic amines) is 2. The summed E-state index contributed by atoms with van der Waals surface area (Å²) in [5, 5.41) is 13.7. The number of allylic oxidation sites excluding steroid dienone is 2. The molecule has 16 atom stereocenters. The summed E-state index contributed by atoms with van der Waals surface area (Å²) in [5.74, 6) is 0.695. The maximum absolute atomic E-state index is 14.7. The Hall–Kier alpha value is -6.62. The van der Waals surface area contributed by atoms with Gasteiger partial charge in [-0.05, 0) is 146 Å². The highest BCUT2D eigenvalue weighted by Crippen LogP contribution is 2.59. The van der Waals surface area contributed by atoms with Crippen LogP contribution >= 0.6 is 46.7 Å². The van der Waals surface area contributed by atoms with Crippen molar-refractivity contribution in [2.24, 2.45) is 69.0 Å². The van der Waals surface area contributed by atoms with E-state index in [1.54, 1.807) is 40.9 Å². The third kappa shape index (κ3) is 17.8. The average molecular weight is 1520 g/mol. The van der Waals surface area contributed by atoms with Gasteiger partial charge in [0.05, 0.1) is 92.0 Å². The Labute approximate surface area is 635 Å². The van der Waals surface area contributed by atoms with E-state index in [9.17, 15) is 43.5 Å². The number of carbonyl (C=O) groups excluding carboxylic acids is 7. The van der Waals surface area contributed by atoms with E-state index in [-0.39, 0.29) is 105 Å². The number of aromatic nitrogens is 2. The van der Waals surface area contributed by atoms with Gasteiger partial charge in [-0.3, -0.25) is 38.4 Å². The molecule has 0 radical (unpaired) electrons. The Kier molecular flexibility index (Phi) is 24.7. The smallest absolute Gasteiger partial charge is 0.312 e. The maximum atomic E-state index is 14.7. The van der Waals surface area contributed by atoms with Crippen LogP contribution in [0.25, 0.3) is 21.8 Å². The quantitative estimate of drug-likeness (QED) is 0.0206. The van der Waals surface area contributed by atoms with Gasteiger partial charge in [0.25, 0.3) is 0 Å². The molecule has 1 N–H and O–H groups in total. The van der Waals surface area contributed by atoms with E-state index in [1.807, 2.05) is 93.5 Å². The number of methoxy groups -OCH3 is 1. The molecule has 105 heavy (non-hydrogen) atoms. The van der Waals surface area contributed by atoms with Crippen molar-refractivity contribution in [3.63, 3.8) is 0 Å². The molecule has 2 aliphatic heterocycles. The molecule has 0 bridgehead atoms. The molecule has 8 aliphatic rings. The number of benzene rings is 2. The minimum atomic E-state index is -1.23. The molecular weight excluding hydrogens is 1420 g/mol. The number of carbonyl (C=O) groups is 8. The molecule has 6 saturated carbocycles. The zero-order valence-electron chi connectivity index (χ0n) is 62.6. The van der Waals surface area contributed by atoms with Gasteiger partial charge in [-0.15, -0.1) is 36.7 Å². The number of pyridine rings is 2. The summed E-state index contributed by atoms with van der Waals surface area (Å²) in [7, 11) is 1.32. The van der Waals surface area contributed by atoms with Crippen LogP contribution in [0.2, 0.25) is 10.0 Å². The molecule has 2 unspecified atom stereocenters. The molecule has 0 spiro atoms. The van der Waals surface area contributed by atoms with E-state index in [4.69, 9.17) is 66.3 Å². The van der Waals surface area contributed by atoms with E-state index in [0.29, 0.717) is 110 Å². The molecule has 8 fully saturated rings. The van der Waals surface area contributed by atoms with Gasteiger partial charge in [-0.25, -0.2) is 9.97 Å². The highest BCUT2D eigenvalue weighted by Gasteiger charge is 2.63. The fraction of sp³-hybridized carbons (Fsp3) is 0.630. The van der Waals surface area contributed by atoms with Crippen molar-refractivity contribution in [2.75, 3.05) is 44.9 Å². The average Bonchev–Trinajstić information content (AvgIpc) is 1.66. The second kappa shape index (κ2) is 32.7. The molecule has 2 saturated heterocycles. The number of nitrogens with zero attached hydrogens (tertiary/aromatic N) is 4. The molecular formula is C81H104Cl2N4O16S2. The van der Waals surface area contributed by atoms with Gasteiger partial charge < -0.3 is 48.1 Å². The van der Waals surface area contributed by atoms with E-state index >= 15 is 0 Å². The highest BCUT2D eigenvalue weighted by atomic mass is 35.5. The van der Waals surface area contributed by atoms with Crippen LogP contribution in [0, 0.1) is 69.0 Å². The summed E-state index contributed by atoms with van der Waals surface area (Å²) in [5.41, 5.74) is -2.40. The van der Waals surface area contributed by atoms with Gasteiger partial charge >= 0.3 is 23.9 Å². The molecule has 6 aliphatic carbocycles. The van der Waals surface area contributed by atoms with E-state index < -0.39 is 75.7 Å². The van der Waals surface area contributed by atoms with Crippen LogP contribution in [-0.4, -0.2) is 154 Å². The highest BCUT2D eigenvalue weighted by molar-refractivity contribution is 7.99. The Bertz CT molecular complexity index is 3990. The summed E-state index contributed by atoms with van der Waals surface area (Å²) in [6, 6.07) is 9.22. The zero-order valence-corrected chi connectivity index (χ0v) is 65.7. The minimum absolute atomic E-state index is 0.0826. The number of hydrogen-bond acceptors (Lipinski definition) is 19. The SMILES string of the molecule is C=C[C@@H]1C[C@]1(CC(=O)[C@@H]1C[C@@H](Oc2cc(SCC)nc3c(Cl)c(OCCC)ccc23)CN1C(=O)[C@@H](CC(=O)OC1C[C@@H]2C[C@@H]2C1)C(C)(C)C)C(=O)O.C=C[C@@H]1C[C@]1(CC(=O)[C@@H]1C[C@@H](Oc2cc(SCC)nc3c(Cl)c(OCCC)ccc23)CN1C(=O)[C@@H](CC(=O)OC1C[C@@H]2C[C@@H]2C1)C(C)(C)C)C(=O)OC. The normalized spacial score (nSPS) is 28.0. The fourth-order valence-electron chi connectivity index (χ4n) is 16.5. The van der Waals surface area contributed by atoms with Crippen LogP contribution in [0.3, 0.4) is 0 Å². The van der Waals surface area contributed by atoms with Gasteiger partial charge in [0.15, 0.2) is 11.6 Å². The van der Waals surface area contributed by atoms with Crippen molar-refractivity contribution < 1.29 is 76.6 Å². The Morgan fingerprint density at radius 2 is 0.971 bits per heavy atom. The first-order valence-electron chi connectivity index (χ1n) is 37.6. The summed E-state index contributed by atoms with van der Waals surface area (Å²) < 4.78 is 42.0. The van der Waals surface area contributed by atoms with Crippen LogP contribution in [0.5, 0.6) is 23.0 Å². The second-order valence-electron chi connectivity index (χ2n) is 32.4. The molecule has 12 rings (SSSR count). The first kappa shape index (κ1) is 79.4. The molecule has 24 heteroatoms. The molecule has 2 amide bonds. The summed E-state index contributed by atoms with van der Waals surface area (Å²) in [6.07, 6.45) is 10.1. The summed E-state index contributed by atoms with van der Waals surface area (Å²) in [6.45, 7) is 28.5. The molecule has 2 aromatic carbocycles. The number of amides is 2. The topological polar surface area (TPSA) is 254 Å². The van der Waals surface area contributed by atoms with Crippen LogP contribution in [0.4, 0.5) is 0 Å². The number of carboxylic acid groups (broad SMARTS) is 1. The summed E-state index contributed by atoms with van der Waals surface area (Å²) >= 11 is 16.7. The van der Waals surface area contributed by atoms with Crippen LogP contribution in [0.15, 0.2) is 71.8 Å². The molecule has 4 heterocycles. The number of aliphatic carboxylic acids is 1. The van der Waals surface area contributed by atoms with E-state index in [0.717, 1.165) is 55.1 Å². The largest absolute Gasteiger partial charge is 0.492 e. The molecule has 570 valence electrons. The van der Waals surface area contributed by atoms with Crippen molar-refractivity contribution in [3.8, 4) is 23.0 Å². The predicted molar refractivity (Wildman–Crippen MR) is 404 cm³/mol. The van der Waals surface area contributed by atoms with Crippen LogP contribution in [0.1, 0.15) is 172 Å². The number of ether oxygens (including phenoxy) is 7. The lowest BCUT2D eigenvalue weighted by Crippen LogP contribution is -2.48. The zero-order chi connectivity index (χ0) is 75.8. The first-order valence-corrected chi connectivity index (χ1v) is 40.4. The Morgan fingerprint density at radius 1 is 0.581 bits per heavy atom. The van der Waals surface area contributed by atoms with Crippen molar-refractivity contribution in [1.29, 1.82) is 0 Å². The number of halogens is 2. The number of rotatable bonds is 32. The van der Waals surface area contributed by atoms with E-state index in [1.165, 1.54) is 36.6 Å². The maximum Gasteiger partial charge on any atom is 0.312 e. The molecule has 20 nitrogen and oxygen atoms in total. The third-order valence-corrected chi connectivity index (χ3v) is 25.2. The number of Topliss-reactive ketones (excluding diaryl/α,β-unsaturated/α-hetero) is 2. The number of esters is 3. The summed E-state index contributed by atoms with van der Waals surface area (Å²) in [4.78, 5) is 123. The Morgan fingerprint density at radius 3 is 1.31 bits per heavy atom. The number of hydrogen-bond donors (Lipinski definition) is 1. The van der Waals surface area contributed by atoms with Crippen molar-refractivity contribution >= 4 is 116 Å². The van der Waals surface area contributed by atoms with E-state index in [2.05, 4.69) is 13.2 Å². The van der Waals surface area contributed by atoms with Crippen molar-refractivity contribution in [1.82, 2.24) is 19.8 Å². The number of ketones is 2. The first-order chi connectivity index (χ1) is 49.9. The van der Waals surface area contributed by atoms with Gasteiger partial charge in [-0.1, -0.05) is 105 Å². The fourth-order valence-corrected chi connectivity index (χ4v) is 18.3. The van der Waals surface area contributed by atoms with Crippen LogP contribution in [-0.2, 0) is 52.6 Å². The number of carboxylic acids is 1. The van der Waals surface area contributed by atoms with Gasteiger partial charge in [-0.2, -0.15) is 0 Å². The number of thioether (sulfide) groups is 2. The standard InChI is InChI=1S/C41H53ClN2O8S.C40H51ClN2O8S/c1-8-13-50-32-12-11-28-33(19-34(53-10-3)43-37(28)36(32)42)51-27-17-30(31(45)21-41(39(48)49-7)20-25(41)9-2)44(22-27)38(47)29(40(4,5)6)18-35(46)52-26-15-23-14-24(23)16-26;1-7-12-49-31-11-10-27-32(18-33(52-9-3)42-36(27)35(31)41)50-26-16-29(30(44)20-40(38(47)48)19-24(40)8-2)43(21-26)37(46)28(39(4,5)6)17-34(45)51-25-14-22-13-23(22)15-25/h9,11-12,19,23-27,29-30H,2,8,10,13-18,20-22H2,1,3-7H3;8,10-11,18,22-26,28-29H,2,7,9,12-17,19-21H2,1,3-6H3,(H,47,48)/t23-,24+,25-,26?,27-,29-,30+,41-;22-,23+,24-,25?,26-,28-,29+,40-/m11/s1. The number of fused-ring (bicyclic) bond motifs is 4. The molecule has 4 aromatic rings. The lowest BCUT2D eigenvalue weighted by molar-refractivity contribution is -0.157. The third-order valence-electron chi connectivity index (χ3n) is 22.8. The lowest BCUT2D eigenvalue weighted by atomic mass is 9.77. The van der Waals surface area contributed by atoms with Crippen molar-refractivity contribution in [2.45, 2.75) is 219 Å². The molecule has 2 aromatic heterocycles. The Balaban J connectivity index is 0.000000210. The van der Waals surface area contributed by atoms with Gasteiger partial charge in [0.1, 0.15) is 67.5 Å². The predicted octanol–water partition coefficient (Wildman–Crippen LogP) is 15.6. The van der Waals surface area contributed by atoms with Crippen LogP contribution < -0.4 is 18.9 Å². The second-order valence-corrected chi connectivity index (χ2v) is 35.7.